The third-order valence-electron chi connectivity index (χ3n) is 4.57. The normalized spacial score (nSPS) is 11.0. The number of fused-ring (bicyclic) bond motifs is 1. The molecule has 0 spiro atoms. The van der Waals surface area contributed by atoms with Crippen LogP contribution in [0.1, 0.15) is 5.56 Å². The maximum absolute atomic E-state index is 8.69. The van der Waals surface area contributed by atoms with Gasteiger partial charge in [-0.25, -0.2) is 0 Å². The number of nitrogens with zero attached hydrogens (tertiary/aromatic N) is 2. The molecule has 0 amide bonds. The molecule has 0 aliphatic rings. The summed E-state index contributed by atoms with van der Waals surface area (Å²) in [4.78, 5) is 0. The predicted molar refractivity (Wildman–Crippen MR) is 108 cm³/mol. The van der Waals surface area contributed by atoms with Gasteiger partial charge in [0.15, 0.2) is 0 Å². The fourth-order valence-electron chi connectivity index (χ4n) is 3.26. The highest BCUT2D eigenvalue weighted by molar-refractivity contribution is 6.32. The van der Waals surface area contributed by atoms with Crippen LogP contribution in [0.15, 0.2) is 78.9 Å². The number of aromatic nitrogens is 2. The second-order valence-corrected chi connectivity index (χ2v) is 6.72. The number of rotatable bonds is 6. The molecule has 0 fully saturated rings. The predicted octanol–water partition coefficient (Wildman–Crippen LogP) is 4.70. The Hall–Kier alpha value is -2.98. The number of hydrogen-bond donors (Lipinski definition) is 1. The molecular formula is C22H20ClN3O. The lowest BCUT2D eigenvalue weighted by atomic mass is 10.2. The molecule has 0 bridgehead atoms. The Morgan fingerprint density at radius 1 is 0.778 bits per heavy atom. The summed E-state index contributed by atoms with van der Waals surface area (Å²) in [6.45, 7) is 1.69. The quantitative estimate of drug-likeness (QED) is 0.520. The van der Waals surface area contributed by atoms with Gasteiger partial charge in [0, 0.05) is 0 Å². The number of hydrogen-bond acceptors (Lipinski definition) is 2. The lowest BCUT2D eigenvalue weighted by Crippen LogP contribution is -2.27. The minimum absolute atomic E-state index is 0.444. The SMILES string of the molecule is N=c1n(CCOc2ccccc2Cl)c2ccccc2n1Cc1ccccc1. The Morgan fingerprint density at radius 2 is 1.41 bits per heavy atom. The van der Waals surface area contributed by atoms with E-state index in [0.29, 0.717) is 36.1 Å². The van der Waals surface area contributed by atoms with E-state index < -0.39 is 0 Å². The molecule has 0 radical (unpaired) electrons. The van der Waals surface area contributed by atoms with Crippen molar-refractivity contribution in [2.45, 2.75) is 13.1 Å². The lowest BCUT2D eigenvalue weighted by molar-refractivity contribution is 0.297. The molecule has 27 heavy (non-hydrogen) atoms. The van der Waals surface area contributed by atoms with Crippen molar-refractivity contribution >= 4 is 22.6 Å². The van der Waals surface area contributed by atoms with Gasteiger partial charge in [-0.15, -0.1) is 0 Å². The lowest BCUT2D eigenvalue weighted by Gasteiger charge is -2.09. The second-order valence-electron chi connectivity index (χ2n) is 6.31. The molecule has 0 aliphatic heterocycles. The first-order chi connectivity index (χ1) is 13.2. The number of imidazole rings is 1. The summed E-state index contributed by atoms with van der Waals surface area (Å²) in [7, 11) is 0. The molecule has 4 aromatic rings. The van der Waals surface area contributed by atoms with Gasteiger partial charge in [-0.2, -0.15) is 0 Å². The van der Waals surface area contributed by atoms with E-state index in [1.807, 2.05) is 69.8 Å². The van der Waals surface area contributed by atoms with E-state index in [2.05, 4.69) is 18.2 Å². The van der Waals surface area contributed by atoms with Crippen LogP contribution in [0.5, 0.6) is 5.75 Å². The van der Waals surface area contributed by atoms with Crippen molar-refractivity contribution in [2.24, 2.45) is 0 Å². The molecule has 0 unspecified atom stereocenters. The van der Waals surface area contributed by atoms with Crippen molar-refractivity contribution in [3.05, 3.63) is 95.1 Å². The third kappa shape index (κ3) is 3.62. The van der Waals surface area contributed by atoms with Gasteiger partial charge >= 0.3 is 0 Å². The van der Waals surface area contributed by atoms with Crippen molar-refractivity contribution in [3.8, 4) is 5.75 Å². The molecule has 4 rings (SSSR count). The van der Waals surface area contributed by atoms with Crippen LogP contribution in [0, 0.1) is 5.41 Å². The Morgan fingerprint density at radius 3 is 2.15 bits per heavy atom. The van der Waals surface area contributed by atoms with Gasteiger partial charge in [0.2, 0.25) is 5.62 Å². The van der Waals surface area contributed by atoms with Crippen molar-refractivity contribution in [3.63, 3.8) is 0 Å². The van der Waals surface area contributed by atoms with Crippen molar-refractivity contribution < 1.29 is 4.74 Å². The zero-order chi connectivity index (χ0) is 18.6. The summed E-state index contributed by atoms with van der Waals surface area (Å²) in [5.41, 5.74) is 3.71. The summed E-state index contributed by atoms with van der Waals surface area (Å²) in [5, 5.41) is 9.29. The Bertz CT molecular complexity index is 1120. The number of nitrogens with one attached hydrogen (secondary N) is 1. The maximum Gasteiger partial charge on any atom is 0.203 e. The summed E-state index contributed by atoms with van der Waals surface area (Å²) >= 11 is 6.15. The minimum Gasteiger partial charge on any atom is -0.490 e. The number of ether oxygens (including phenoxy) is 1. The van der Waals surface area contributed by atoms with E-state index in [4.69, 9.17) is 21.7 Å². The van der Waals surface area contributed by atoms with E-state index >= 15 is 0 Å². The second kappa shape index (κ2) is 7.72. The van der Waals surface area contributed by atoms with Gasteiger partial charge in [0.1, 0.15) is 12.4 Å². The monoisotopic (exact) mass is 377 g/mol. The van der Waals surface area contributed by atoms with Gasteiger partial charge in [0.25, 0.3) is 0 Å². The van der Waals surface area contributed by atoms with Crippen LogP contribution in [0.2, 0.25) is 5.02 Å². The molecule has 1 N–H and O–H groups in total. The number of para-hydroxylation sites is 3. The first kappa shape index (κ1) is 17.4. The first-order valence-electron chi connectivity index (χ1n) is 8.88. The Balaban J connectivity index is 1.62. The van der Waals surface area contributed by atoms with Gasteiger partial charge in [-0.05, 0) is 29.8 Å². The third-order valence-corrected chi connectivity index (χ3v) is 4.88. The molecule has 0 saturated heterocycles. The Labute approximate surface area is 162 Å². The highest BCUT2D eigenvalue weighted by Crippen LogP contribution is 2.23. The van der Waals surface area contributed by atoms with E-state index in [9.17, 15) is 0 Å². The minimum atomic E-state index is 0.444. The van der Waals surface area contributed by atoms with Crippen LogP contribution in [0.25, 0.3) is 11.0 Å². The number of benzene rings is 3. The van der Waals surface area contributed by atoms with Crippen molar-refractivity contribution in [1.82, 2.24) is 9.13 Å². The van der Waals surface area contributed by atoms with Gasteiger partial charge in [0.05, 0.1) is 29.1 Å². The van der Waals surface area contributed by atoms with Crippen LogP contribution < -0.4 is 10.4 Å². The van der Waals surface area contributed by atoms with E-state index in [-0.39, 0.29) is 0 Å². The molecule has 0 saturated carbocycles. The van der Waals surface area contributed by atoms with E-state index in [1.54, 1.807) is 0 Å². The largest absolute Gasteiger partial charge is 0.490 e. The number of halogens is 1. The molecule has 5 heteroatoms. The van der Waals surface area contributed by atoms with E-state index in [1.165, 1.54) is 5.56 Å². The fraction of sp³-hybridized carbons (Fsp3) is 0.136. The standard InChI is InChI=1S/C22H20ClN3O/c23-18-10-4-7-13-21(18)27-15-14-25-19-11-5-6-12-20(19)26(22(25)24)16-17-8-2-1-3-9-17/h1-13,24H,14-16H2. The van der Waals surface area contributed by atoms with Gasteiger partial charge in [-0.3, -0.25) is 5.41 Å². The summed E-state index contributed by atoms with van der Waals surface area (Å²) in [6.07, 6.45) is 0. The molecule has 0 aliphatic carbocycles. The summed E-state index contributed by atoms with van der Waals surface area (Å²) in [5.74, 6) is 0.666. The fourth-order valence-corrected chi connectivity index (χ4v) is 3.45. The topological polar surface area (TPSA) is 42.9 Å². The Kier molecular flexibility index (Phi) is 4.99. The molecule has 3 aromatic carbocycles. The highest BCUT2D eigenvalue weighted by Gasteiger charge is 2.11. The molecule has 0 atom stereocenters. The smallest absolute Gasteiger partial charge is 0.203 e. The van der Waals surface area contributed by atoms with Crippen molar-refractivity contribution in [1.29, 1.82) is 5.41 Å². The zero-order valence-electron chi connectivity index (χ0n) is 14.8. The zero-order valence-corrected chi connectivity index (χ0v) is 15.6. The maximum atomic E-state index is 8.69. The molecular weight excluding hydrogens is 358 g/mol. The average molecular weight is 378 g/mol. The van der Waals surface area contributed by atoms with Crippen LogP contribution >= 0.6 is 11.6 Å². The molecule has 4 nitrogen and oxygen atoms in total. The summed E-state index contributed by atoms with van der Waals surface area (Å²) in [6, 6.07) is 25.8. The molecule has 136 valence electrons. The van der Waals surface area contributed by atoms with Crippen LogP contribution in [0.3, 0.4) is 0 Å². The average Bonchev–Trinajstić information content (AvgIpc) is 2.96. The van der Waals surface area contributed by atoms with Crippen LogP contribution in [-0.2, 0) is 13.1 Å². The highest BCUT2D eigenvalue weighted by atomic mass is 35.5. The summed E-state index contributed by atoms with van der Waals surface area (Å²) < 4.78 is 9.84. The van der Waals surface area contributed by atoms with Crippen molar-refractivity contribution in [2.75, 3.05) is 6.61 Å². The molecule has 1 aromatic heterocycles. The van der Waals surface area contributed by atoms with Crippen LogP contribution in [-0.4, -0.2) is 15.7 Å². The van der Waals surface area contributed by atoms with Gasteiger partial charge < -0.3 is 13.9 Å². The van der Waals surface area contributed by atoms with E-state index in [0.717, 1.165) is 11.0 Å². The van der Waals surface area contributed by atoms with Gasteiger partial charge in [-0.1, -0.05) is 66.2 Å². The van der Waals surface area contributed by atoms with Crippen LogP contribution in [0.4, 0.5) is 0 Å². The molecule has 1 heterocycles. The first-order valence-corrected chi connectivity index (χ1v) is 9.26.